The standard InChI is InChI=1S/C24H28N2O4/c1-15(16-7-9-25-14-16)30-21-11-17(10-20-19(21)6-5-8-26-20)18-12-22(27-2)24(29-4)23(13-18)28-3/h5-6,8,10-13,15-16,25H,7,9,14H2,1-4H3/t15-,16-/m1/s1. The number of pyridine rings is 1. The van der Waals surface area contributed by atoms with Crippen LogP contribution in [0.2, 0.25) is 0 Å². The van der Waals surface area contributed by atoms with E-state index in [-0.39, 0.29) is 6.10 Å². The Bertz CT molecular complexity index is 1010. The Morgan fingerprint density at radius 1 is 0.967 bits per heavy atom. The van der Waals surface area contributed by atoms with Crippen molar-refractivity contribution >= 4 is 10.9 Å². The SMILES string of the molecule is COc1cc(-c2cc(O[C@H](C)[C@@H]3CCNC3)c3cccnc3c2)cc(OC)c1OC. The van der Waals surface area contributed by atoms with Crippen molar-refractivity contribution in [3.63, 3.8) is 0 Å². The van der Waals surface area contributed by atoms with Crippen LogP contribution in [0.15, 0.2) is 42.6 Å². The third-order valence-electron chi connectivity index (χ3n) is 5.76. The van der Waals surface area contributed by atoms with Gasteiger partial charge in [-0.25, -0.2) is 0 Å². The van der Waals surface area contributed by atoms with Gasteiger partial charge in [0.1, 0.15) is 5.75 Å². The Labute approximate surface area is 177 Å². The predicted octanol–water partition coefficient (Wildman–Crippen LogP) is 4.30. The van der Waals surface area contributed by atoms with Crippen molar-refractivity contribution in [2.45, 2.75) is 19.4 Å². The topological polar surface area (TPSA) is 61.8 Å². The summed E-state index contributed by atoms with van der Waals surface area (Å²) in [4.78, 5) is 4.57. The zero-order valence-electron chi connectivity index (χ0n) is 17.9. The van der Waals surface area contributed by atoms with Crippen molar-refractivity contribution in [2.24, 2.45) is 5.92 Å². The minimum atomic E-state index is 0.110. The van der Waals surface area contributed by atoms with Gasteiger partial charge in [-0.2, -0.15) is 0 Å². The van der Waals surface area contributed by atoms with Crippen molar-refractivity contribution in [3.05, 3.63) is 42.6 Å². The van der Waals surface area contributed by atoms with Crippen molar-refractivity contribution < 1.29 is 18.9 Å². The molecule has 0 bridgehead atoms. The Morgan fingerprint density at radius 3 is 2.30 bits per heavy atom. The van der Waals surface area contributed by atoms with Crippen LogP contribution < -0.4 is 24.3 Å². The summed E-state index contributed by atoms with van der Waals surface area (Å²) in [6.45, 7) is 4.18. The molecule has 1 aromatic heterocycles. The van der Waals surface area contributed by atoms with E-state index in [0.29, 0.717) is 23.2 Å². The Morgan fingerprint density at radius 2 is 1.67 bits per heavy atom. The van der Waals surface area contributed by atoms with Gasteiger partial charge in [-0.15, -0.1) is 0 Å². The number of benzene rings is 2. The number of hydrogen-bond donors (Lipinski definition) is 1. The highest BCUT2D eigenvalue weighted by molar-refractivity contribution is 5.90. The van der Waals surface area contributed by atoms with Gasteiger partial charge in [0, 0.05) is 24.0 Å². The highest BCUT2D eigenvalue weighted by Crippen LogP contribution is 2.42. The average Bonchev–Trinajstić information content (AvgIpc) is 3.33. The van der Waals surface area contributed by atoms with E-state index in [1.54, 1.807) is 27.5 Å². The highest BCUT2D eigenvalue weighted by atomic mass is 16.5. The van der Waals surface area contributed by atoms with Crippen LogP contribution in [-0.2, 0) is 0 Å². The largest absolute Gasteiger partial charge is 0.493 e. The molecule has 0 spiro atoms. The van der Waals surface area contributed by atoms with Crippen LogP contribution in [0.5, 0.6) is 23.0 Å². The molecule has 2 atom stereocenters. The van der Waals surface area contributed by atoms with Crippen LogP contribution in [-0.4, -0.2) is 45.5 Å². The first kappa shape index (κ1) is 20.3. The molecule has 0 radical (unpaired) electrons. The van der Waals surface area contributed by atoms with E-state index in [2.05, 4.69) is 35.4 Å². The molecule has 1 aliphatic rings. The van der Waals surface area contributed by atoms with Gasteiger partial charge in [-0.1, -0.05) is 0 Å². The molecule has 1 saturated heterocycles. The summed E-state index contributed by atoms with van der Waals surface area (Å²) in [6.07, 6.45) is 3.04. The lowest BCUT2D eigenvalue weighted by atomic mass is 10.0. The maximum absolute atomic E-state index is 6.46. The third-order valence-corrected chi connectivity index (χ3v) is 5.76. The van der Waals surface area contributed by atoms with Crippen LogP contribution in [0.3, 0.4) is 0 Å². The summed E-state index contributed by atoms with van der Waals surface area (Å²) in [7, 11) is 4.84. The monoisotopic (exact) mass is 408 g/mol. The van der Waals surface area contributed by atoms with Crippen LogP contribution in [0.25, 0.3) is 22.0 Å². The summed E-state index contributed by atoms with van der Waals surface area (Å²) < 4.78 is 23.0. The molecule has 2 heterocycles. The fourth-order valence-electron chi connectivity index (χ4n) is 4.03. The number of nitrogens with one attached hydrogen (secondary N) is 1. The summed E-state index contributed by atoms with van der Waals surface area (Å²) in [6, 6.07) is 12.0. The van der Waals surface area contributed by atoms with E-state index in [0.717, 1.165) is 47.3 Å². The van der Waals surface area contributed by atoms with Gasteiger partial charge in [0.2, 0.25) is 5.75 Å². The van der Waals surface area contributed by atoms with Crippen LogP contribution in [0, 0.1) is 5.92 Å². The Hall–Kier alpha value is -2.99. The fraction of sp³-hybridized carbons (Fsp3) is 0.375. The molecule has 2 aromatic carbocycles. The Balaban J connectivity index is 1.80. The van der Waals surface area contributed by atoms with Gasteiger partial charge in [0.25, 0.3) is 0 Å². The normalized spacial score (nSPS) is 17.0. The smallest absolute Gasteiger partial charge is 0.203 e. The number of aromatic nitrogens is 1. The van der Waals surface area contributed by atoms with Crippen molar-refractivity contribution in [1.29, 1.82) is 0 Å². The lowest BCUT2D eigenvalue weighted by molar-refractivity contribution is 0.163. The van der Waals surface area contributed by atoms with Gasteiger partial charge in [-0.3, -0.25) is 4.98 Å². The molecule has 6 nitrogen and oxygen atoms in total. The lowest BCUT2D eigenvalue weighted by Gasteiger charge is -2.22. The zero-order chi connectivity index (χ0) is 21.1. The predicted molar refractivity (Wildman–Crippen MR) is 118 cm³/mol. The molecule has 1 N–H and O–H groups in total. The molecular weight excluding hydrogens is 380 g/mol. The number of fused-ring (bicyclic) bond motifs is 1. The summed E-state index contributed by atoms with van der Waals surface area (Å²) >= 11 is 0. The van der Waals surface area contributed by atoms with Crippen LogP contribution in [0.4, 0.5) is 0 Å². The zero-order valence-corrected chi connectivity index (χ0v) is 17.9. The molecule has 30 heavy (non-hydrogen) atoms. The lowest BCUT2D eigenvalue weighted by Crippen LogP contribution is -2.25. The van der Waals surface area contributed by atoms with Crippen molar-refractivity contribution in [3.8, 4) is 34.1 Å². The fourth-order valence-corrected chi connectivity index (χ4v) is 4.03. The van der Waals surface area contributed by atoms with Crippen molar-refractivity contribution in [1.82, 2.24) is 10.3 Å². The molecule has 0 saturated carbocycles. The molecule has 1 fully saturated rings. The van der Waals surface area contributed by atoms with E-state index < -0.39 is 0 Å². The molecule has 1 aliphatic heterocycles. The Kier molecular flexibility index (Phi) is 5.95. The van der Waals surface area contributed by atoms with Gasteiger partial charge >= 0.3 is 0 Å². The summed E-state index contributed by atoms with van der Waals surface area (Å²) in [5.74, 6) is 3.13. The van der Waals surface area contributed by atoms with Gasteiger partial charge in [0.15, 0.2) is 11.5 Å². The molecule has 3 aromatic rings. The van der Waals surface area contributed by atoms with E-state index in [9.17, 15) is 0 Å². The number of hydrogen-bond acceptors (Lipinski definition) is 6. The second-order valence-corrected chi connectivity index (χ2v) is 7.53. The number of methoxy groups -OCH3 is 3. The number of rotatable bonds is 7. The number of ether oxygens (including phenoxy) is 4. The highest BCUT2D eigenvalue weighted by Gasteiger charge is 2.24. The van der Waals surface area contributed by atoms with E-state index in [1.165, 1.54) is 0 Å². The van der Waals surface area contributed by atoms with Gasteiger partial charge in [0.05, 0.1) is 33.0 Å². The maximum Gasteiger partial charge on any atom is 0.203 e. The molecule has 0 aliphatic carbocycles. The first-order valence-corrected chi connectivity index (χ1v) is 10.2. The van der Waals surface area contributed by atoms with Gasteiger partial charge in [-0.05, 0) is 67.4 Å². The van der Waals surface area contributed by atoms with E-state index in [1.807, 2.05) is 18.2 Å². The van der Waals surface area contributed by atoms with Crippen LogP contribution in [0.1, 0.15) is 13.3 Å². The molecular formula is C24H28N2O4. The third kappa shape index (κ3) is 3.87. The summed E-state index contributed by atoms with van der Waals surface area (Å²) in [5, 5.41) is 4.42. The summed E-state index contributed by atoms with van der Waals surface area (Å²) in [5.41, 5.74) is 2.81. The minimum Gasteiger partial charge on any atom is -0.493 e. The molecule has 0 amide bonds. The molecule has 6 heteroatoms. The van der Waals surface area contributed by atoms with E-state index >= 15 is 0 Å². The average molecular weight is 408 g/mol. The van der Waals surface area contributed by atoms with Crippen molar-refractivity contribution in [2.75, 3.05) is 34.4 Å². The van der Waals surface area contributed by atoms with Gasteiger partial charge < -0.3 is 24.3 Å². The number of nitrogens with zero attached hydrogens (tertiary/aromatic N) is 1. The first-order valence-electron chi connectivity index (χ1n) is 10.2. The quantitative estimate of drug-likeness (QED) is 0.629. The minimum absolute atomic E-state index is 0.110. The first-order chi connectivity index (χ1) is 14.6. The molecule has 158 valence electrons. The second-order valence-electron chi connectivity index (χ2n) is 7.53. The molecule has 4 rings (SSSR count). The van der Waals surface area contributed by atoms with Crippen LogP contribution >= 0.6 is 0 Å². The second kappa shape index (κ2) is 8.79. The van der Waals surface area contributed by atoms with E-state index in [4.69, 9.17) is 18.9 Å². The molecule has 0 unspecified atom stereocenters. The maximum atomic E-state index is 6.46.